The molecule has 0 radical (unpaired) electrons. The highest BCUT2D eigenvalue weighted by molar-refractivity contribution is 5.78. The molecule has 1 N–H and O–H groups in total. The lowest BCUT2D eigenvalue weighted by molar-refractivity contribution is -0.126. The number of nitrogens with one attached hydrogen (secondary N) is 1. The summed E-state index contributed by atoms with van der Waals surface area (Å²) in [6, 6.07) is 0. The highest BCUT2D eigenvalue weighted by Gasteiger charge is 2.27. The lowest BCUT2D eigenvalue weighted by atomic mass is 9.77. The molecule has 6 nitrogen and oxygen atoms in total. The van der Waals surface area contributed by atoms with Crippen molar-refractivity contribution in [2.45, 2.75) is 59.5 Å². The van der Waals surface area contributed by atoms with Crippen LogP contribution in [-0.4, -0.2) is 64.8 Å². The first-order valence-electron chi connectivity index (χ1n) is 10.6. The topological polar surface area (TPSA) is 66.0 Å². The van der Waals surface area contributed by atoms with Gasteiger partial charge in [0.15, 0.2) is 0 Å². The monoisotopic (exact) mass is 387 g/mol. The third kappa shape index (κ3) is 12.4. The van der Waals surface area contributed by atoms with Crippen LogP contribution in [0.1, 0.15) is 53.4 Å². The van der Waals surface area contributed by atoms with Crippen LogP contribution in [0.3, 0.4) is 0 Å². The van der Waals surface area contributed by atoms with Gasteiger partial charge in [-0.05, 0) is 51.4 Å². The number of amides is 1. The van der Waals surface area contributed by atoms with E-state index in [-0.39, 0.29) is 17.9 Å². The molecule has 0 saturated heterocycles. The van der Waals surface area contributed by atoms with Crippen LogP contribution in [0, 0.1) is 17.8 Å². The van der Waals surface area contributed by atoms with Crippen molar-refractivity contribution in [3.05, 3.63) is 0 Å². The normalized spacial score (nSPS) is 20.4. The minimum atomic E-state index is 0.189. The molecule has 27 heavy (non-hydrogen) atoms. The van der Waals surface area contributed by atoms with E-state index in [1.165, 1.54) is 12.8 Å². The van der Waals surface area contributed by atoms with Gasteiger partial charge in [0.05, 0.1) is 52.4 Å². The Labute approximate surface area is 165 Å². The van der Waals surface area contributed by atoms with E-state index in [1.54, 1.807) is 0 Å². The third-order valence-corrected chi connectivity index (χ3v) is 5.05. The molecule has 0 atom stereocenters. The molecule has 6 heteroatoms. The van der Waals surface area contributed by atoms with Gasteiger partial charge in [0.2, 0.25) is 5.91 Å². The summed E-state index contributed by atoms with van der Waals surface area (Å²) in [6.07, 6.45) is 4.65. The van der Waals surface area contributed by atoms with Crippen molar-refractivity contribution in [3.63, 3.8) is 0 Å². The summed E-state index contributed by atoms with van der Waals surface area (Å²) in [7, 11) is 0. The Balaban J connectivity index is 1.84. The molecule has 0 bridgehead atoms. The summed E-state index contributed by atoms with van der Waals surface area (Å²) in [5.74, 6) is 1.90. The van der Waals surface area contributed by atoms with Gasteiger partial charge in [-0.25, -0.2) is 0 Å². The summed E-state index contributed by atoms with van der Waals surface area (Å²) in [4.78, 5) is 12.2. The van der Waals surface area contributed by atoms with E-state index in [4.69, 9.17) is 18.9 Å². The highest BCUT2D eigenvalue weighted by Crippen LogP contribution is 2.33. The maximum atomic E-state index is 12.2. The van der Waals surface area contributed by atoms with Crippen molar-refractivity contribution in [1.82, 2.24) is 5.32 Å². The molecule has 1 rings (SSSR count). The first-order valence-corrected chi connectivity index (χ1v) is 10.6. The van der Waals surface area contributed by atoms with E-state index in [0.717, 1.165) is 24.7 Å². The molecular formula is C21H41NO5. The Bertz CT molecular complexity index is 368. The van der Waals surface area contributed by atoms with Gasteiger partial charge in [0.25, 0.3) is 0 Å². The van der Waals surface area contributed by atoms with Crippen LogP contribution in [0.5, 0.6) is 0 Å². The van der Waals surface area contributed by atoms with Crippen molar-refractivity contribution in [2.75, 3.05) is 52.8 Å². The van der Waals surface area contributed by atoms with Gasteiger partial charge < -0.3 is 24.3 Å². The standard InChI is InChI=1S/C21H41NO5/c1-17(2)19-5-7-20(8-6-19)21(23)22-9-10-24-11-12-25-13-14-26-15-16-27-18(3)4/h17-20H,5-16H2,1-4H3,(H,22,23). The quantitative estimate of drug-likeness (QED) is 0.438. The highest BCUT2D eigenvalue weighted by atomic mass is 16.6. The van der Waals surface area contributed by atoms with E-state index in [2.05, 4.69) is 19.2 Å². The number of ether oxygens (including phenoxy) is 4. The molecule has 0 aliphatic heterocycles. The Kier molecular flexibility index (Phi) is 13.8. The zero-order valence-corrected chi connectivity index (χ0v) is 17.8. The maximum absolute atomic E-state index is 12.2. The first kappa shape index (κ1) is 24.3. The van der Waals surface area contributed by atoms with Crippen LogP contribution in [0.15, 0.2) is 0 Å². The van der Waals surface area contributed by atoms with E-state index in [0.29, 0.717) is 52.8 Å². The van der Waals surface area contributed by atoms with E-state index in [9.17, 15) is 4.79 Å². The molecule has 0 heterocycles. The second-order valence-corrected chi connectivity index (χ2v) is 7.90. The van der Waals surface area contributed by atoms with Crippen LogP contribution >= 0.6 is 0 Å². The smallest absolute Gasteiger partial charge is 0.223 e. The van der Waals surface area contributed by atoms with Crippen LogP contribution in [-0.2, 0) is 23.7 Å². The third-order valence-electron chi connectivity index (χ3n) is 5.05. The van der Waals surface area contributed by atoms with Crippen molar-refractivity contribution in [1.29, 1.82) is 0 Å². The first-order chi connectivity index (χ1) is 13.0. The largest absolute Gasteiger partial charge is 0.377 e. The molecular weight excluding hydrogens is 346 g/mol. The number of hydrogen-bond donors (Lipinski definition) is 1. The van der Waals surface area contributed by atoms with Gasteiger partial charge in [-0.3, -0.25) is 4.79 Å². The van der Waals surface area contributed by atoms with Crippen LogP contribution in [0.25, 0.3) is 0 Å². The van der Waals surface area contributed by atoms with Crippen LogP contribution in [0.2, 0.25) is 0 Å². The Morgan fingerprint density at radius 2 is 1.33 bits per heavy atom. The van der Waals surface area contributed by atoms with Crippen molar-refractivity contribution in [3.8, 4) is 0 Å². The number of carbonyl (C=O) groups excluding carboxylic acids is 1. The Hall–Kier alpha value is -0.690. The van der Waals surface area contributed by atoms with Crippen molar-refractivity contribution < 1.29 is 23.7 Å². The summed E-state index contributed by atoms with van der Waals surface area (Å²) in [6.45, 7) is 13.1. The summed E-state index contributed by atoms with van der Waals surface area (Å²) >= 11 is 0. The fourth-order valence-electron chi connectivity index (χ4n) is 3.32. The molecule has 1 aliphatic carbocycles. The zero-order chi connectivity index (χ0) is 19.9. The molecule has 0 aromatic heterocycles. The fourth-order valence-corrected chi connectivity index (χ4v) is 3.32. The van der Waals surface area contributed by atoms with E-state index in [1.807, 2.05) is 13.8 Å². The van der Waals surface area contributed by atoms with Crippen LogP contribution < -0.4 is 5.32 Å². The second kappa shape index (κ2) is 15.3. The molecule has 1 aliphatic rings. The summed E-state index contributed by atoms with van der Waals surface area (Å²) in [5, 5.41) is 3.00. The molecule has 1 fully saturated rings. The molecule has 0 aromatic rings. The fraction of sp³-hybridized carbons (Fsp3) is 0.952. The lowest BCUT2D eigenvalue weighted by Crippen LogP contribution is -2.35. The second-order valence-electron chi connectivity index (χ2n) is 7.90. The van der Waals surface area contributed by atoms with Gasteiger partial charge in [-0.1, -0.05) is 13.8 Å². The predicted molar refractivity (Wildman–Crippen MR) is 107 cm³/mol. The molecule has 1 saturated carbocycles. The zero-order valence-electron chi connectivity index (χ0n) is 17.8. The minimum Gasteiger partial charge on any atom is -0.377 e. The van der Waals surface area contributed by atoms with Gasteiger partial charge in [-0.2, -0.15) is 0 Å². The molecule has 0 unspecified atom stereocenters. The van der Waals surface area contributed by atoms with E-state index >= 15 is 0 Å². The van der Waals surface area contributed by atoms with Crippen molar-refractivity contribution in [2.24, 2.45) is 17.8 Å². The van der Waals surface area contributed by atoms with E-state index < -0.39 is 0 Å². The Morgan fingerprint density at radius 1 is 0.815 bits per heavy atom. The maximum Gasteiger partial charge on any atom is 0.223 e. The molecule has 160 valence electrons. The van der Waals surface area contributed by atoms with Gasteiger partial charge in [0.1, 0.15) is 0 Å². The summed E-state index contributed by atoms with van der Waals surface area (Å²) in [5.41, 5.74) is 0. The van der Waals surface area contributed by atoms with Gasteiger partial charge >= 0.3 is 0 Å². The van der Waals surface area contributed by atoms with Crippen molar-refractivity contribution >= 4 is 5.91 Å². The predicted octanol–water partition coefficient (Wildman–Crippen LogP) is 3.04. The molecule has 0 aromatic carbocycles. The number of hydrogen-bond acceptors (Lipinski definition) is 5. The SMILES string of the molecule is CC(C)OCCOCCOCCOCCNC(=O)C1CCC(C(C)C)CC1. The number of carbonyl (C=O) groups is 1. The van der Waals surface area contributed by atoms with Crippen LogP contribution in [0.4, 0.5) is 0 Å². The molecule has 1 amide bonds. The Morgan fingerprint density at radius 3 is 1.85 bits per heavy atom. The minimum absolute atomic E-state index is 0.189. The number of rotatable bonds is 15. The molecule has 0 spiro atoms. The van der Waals surface area contributed by atoms with Gasteiger partial charge in [-0.15, -0.1) is 0 Å². The van der Waals surface area contributed by atoms with Gasteiger partial charge in [0, 0.05) is 12.5 Å². The average Bonchev–Trinajstić information content (AvgIpc) is 2.65. The lowest BCUT2D eigenvalue weighted by Gasteiger charge is -2.30. The average molecular weight is 388 g/mol. The summed E-state index contributed by atoms with van der Waals surface area (Å²) < 4.78 is 21.7.